The lowest BCUT2D eigenvalue weighted by Gasteiger charge is -2.25. The molecule has 3 aromatic rings. The second-order valence-electron chi connectivity index (χ2n) is 8.65. The minimum atomic E-state index is -0.732. The van der Waals surface area contributed by atoms with E-state index in [0.717, 1.165) is 11.1 Å². The standard InChI is InChI=1S/C28H27NO4/c1-18(2)17-33-23-14-12-21(13-15-23)26(30)24-25(20-9-5-4-6-10-20)29(28(32)27(24)31)22-11-7-8-19(3)16-22/h4-16,18,25,30H,17H2,1-3H3/b26-24+. The van der Waals surface area contributed by atoms with Gasteiger partial charge >= 0.3 is 0 Å². The van der Waals surface area contributed by atoms with Crippen LogP contribution in [0.4, 0.5) is 5.69 Å². The Morgan fingerprint density at radius 1 is 0.970 bits per heavy atom. The molecule has 0 aromatic heterocycles. The van der Waals surface area contributed by atoms with Crippen molar-refractivity contribution >= 4 is 23.1 Å². The second kappa shape index (κ2) is 9.33. The van der Waals surface area contributed by atoms with Crippen molar-refractivity contribution in [3.05, 3.63) is 101 Å². The highest BCUT2D eigenvalue weighted by Gasteiger charge is 2.46. The molecule has 0 bridgehead atoms. The number of nitrogens with zero attached hydrogens (tertiary/aromatic N) is 1. The van der Waals surface area contributed by atoms with E-state index in [1.165, 1.54) is 4.90 Å². The predicted molar refractivity (Wildman–Crippen MR) is 129 cm³/mol. The van der Waals surface area contributed by atoms with Crippen LogP contribution in [0, 0.1) is 12.8 Å². The van der Waals surface area contributed by atoms with Crippen molar-refractivity contribution in [2.45, 2.75) is 26.8 Å². The SMILES string of the molecule is Cc1cccc(N2C(=O)C(=O)/C(=C(/O)c3ccc(OCC(C)C)cc3)C2c2ccccc2)c1. The molecule has 1 atom stereocenters. The molecule has 33 heavy (non-hydrogen) atoms. The molecule has 1 N–H and O–H groups in total. The van der Waals surface area contributed by atoms with Gasteiger partial charge in [-0.3, -0.25) is 14.5 Å². The number of benzene rings is 3. The molecule has 3 aromatic carbocycles. The fraction of sp³-hybridized carbons (Fsp3) is 0.214. The summed E-state index contributed by atoms with van der Waals surface area (Å²) in [4.78, 5) is 27.8. The molecule has 168 valence electrons. The van der Waals surface area contributed by atoms with E-state index in [0.29, 0.717) is 29.5 Å². The molecule has 0 aliphatic carbocycles. The second-order valence-corrected chi connectivity index (χ2v) is 8.65. The van der Waals surface area contributed by atoms with E-state index in [1.807, 2.05) is 55.5 Å². The van der Waals surface area contributed by atoms with Gasteiger partial charge in [-0.25, -0.2) is 0 Å². The van der Waals surface area contributed by atoms with E-state index in [-0.39, 0.29) is 11.3 Å². The fourth-order valence-electron chi connectivity index (χ4n) is 3.95. The molecule has 1 unspecified atom stereocenters. The molecule has 1 aliphatic rings. The highest BCUT2D eigenvalue weighted by molar-refractivity contribution is 6.51. The van der Waals surface area contributed by atoms with Crippen LogP contribution in [0.25, 0.3) is 5.76 Å². The Hall–Kier alpha value is -3.86. The Kier molecular flexibility index (Phi) is 6.31. The van der Waals surface area contributed by atoms with Gasteiger partial charge in [-0.2, -0.15) is 0 Å². The van der Waals surface area contributed by atoms with Crippen molar-refractivity contribution in [1.82, 2.24) is 0 Å². The molecule has 1 fully saturated rings. The van der Waals surface area contributed by atoms with E-state index in [9.17, 15) is 14.7 Å². The third-order valence-electron chi connectivity index (χ3n) is 5.55. The molecular weight excluding hydrogens is 414 g/mol. The summed E-state index contributed by atoms with van der Waals surface area (Å²) in [6.45, 7) is 6.65. The number of aliphatic hydroxyl groups is 1. The number of Topliss-reactive ketones (excluding diaryl/α,β-unsaturated/α-hetero) is 1. The van der Waals surface area contributed by atoms with Crippen LogP contribution in [0.2, 0.25) is 0 Å². The number of carbonyl (C=O) groups excluding carboxylic acids is 2. The summed E-state index contributed by atoms with van der Waals surface area (Å²) < 4.78 is 5.72. The molecule has 1 amide bonds. The number of aryl methyl sites for hydroxylation is 1. The minimum absolute atomic E-state index is 0.0727. The number of aliphatic hydroxyl groups excluding tert-OH is 1. The van der Waals surface area contributed by atoms with Crippen LogP contribution in [0.5, 0.6) is 5.75 Å². The third kappa shape index (κ3) is 4.53. The number of carbonyl (C=O) groups is 2. The average molecular weight is 442 g/mol. The summed E-state index contributed by atoms with van der Waals surface area (Å²) in [5, 5.41) is 11.2. The Balaban J connectivity index is 1.80. The number of rotatable bonds is 6. The summed E-state index contributed by atoms with van der Waals surface area (Å²) in [7, 11) is 0. The molecule has 1 heterocycles. The van der Waals surface area contributed by atoms with Crippen molar-refractivity contribution in [3.8, 4) is 5.75 Å². The number of hydrogen-bond donors (Lipinski definition) is 1. The largest absolute Gasteiger partial charge is 0.507 e. The zero-order valence-electron chi connectivity index (χ0n) is 19.0. The highest BCUT2D eigenvalue weighted by Crippen LogP contribution is 2.42. The lowest BCUT2D eigenvalue weighted by molar-refractivity contribution is -0.132. The molecule has 0 saturated carbocycles. The van der Waals surface area contributed by atoms with Gasteiger partial charge in [0.25, 0.3) is 11.7 Å². The molecule has 0 radical (unpaired) electrons. The van der Waals surface area contributed by atoms with Gasteiger partial charge in [-0.05, 0) is 60.4 Å². The monoisotopic (exact) mass is 441 g/mol. The molecule has 1 saturated heterocycles. The molecule has 5 heteroatoms. The summed E-state index contributed by atoms with van der Waals surface area (Å²) >= 11 is 0. The Morgan fingerprint density at radius 3 is 2.30 bits per heavy atom. The molecule has 5 nitrogen and oxygen atoms in total. The van der Waals surface area contributed by atoms with Crippen molar-refractivity contribution in [3.63, 3.8) is 0 Å². The Bertz CT molecular complexity index is 1200. The first-order valence-corrected chi connectivity index (χ1v) is 11.0. The van der Waals surface area contributed by atoms with Gasteiger partial charge in [0.05, 0.1) is 18.2 Å². The maximum atomic E-state index is 13.2. The predicted octanol–water partition coefficient (Wildman–Crippen LogP) is 5.66. The Morgan fingerprint density at radius 2 is 1.67 bits per heavy atom. The lowest BCUT2D eigenvalue weighted by atomic mass is 9.95. The zero-order chi connectivity index (χ0) is 23.5. The van der Waals surface area contributed by atoms with E-state index >= 15 is 0 Å². The average Bonchev–Trinajstić information content (AvgIpc) is 3.08. The Labute approximate surface area is 193 Å². The number of hydrogen-bond acceptors (Lipinski definition) is 4. The van der Waals surface area contributed by atoms with Gasteiger partial charge in [0, 0.05) is 11.3 Å². The van der Waals surface area contributed by atoms with Crippen molar-refractivity contribution in [2.75, 3.05) is 11.5 Å². The van der Waals surface area contributed by atoms with Crippen molar-refractivity contribution in [2.24, 2.45) is 5.92 Å². The number of amides is 1. The fourth-order valence-corrected chi connectivity index (χ4v) is 3.95. The van der Waals surface area contributed by atoms with E-state index in [1.54, 1.807) is 30.3 Å². The van der Waals surface area contributed by atoms with E-state index in [2.05, 4.69) is 13.8 Å². The summed E-state index contributed by atoms with van der Waals surface area (Å²) in [5.41, 5.74) is 2.86. The number of anilines is 1. The lowest BCUT2D eigenvalue weighted by Crippen LogP contribution is -2.29. The molecule has 0 spiro atoms. The van der Waals surface area contributed by atoms with Crippen LogP contribution in [-0.2, 0) is 9.59 Å². The van der Waals surface area contributed by atoms with Gasteiger partial charge in [0.2, 0.25) is 0 Å². The van der Waals surface area contributed by atoms with Crippen LogP contribution >= 0.6 is 0 Å². The first kappa shape index (κ1) is 22.3. The quantitative estimate of drug-likeness (QED) is 0.305. The van der Waals surface area contributed by atoms with Crippen molar-refractivity contribution in [1.29, 1.82) is 0 Å². The van der Waals surface area contributed by atoms with Gasteiger partial charge in [0.1, 0.15) is 11.5 Å². The van der Waals surface area contributed by atoms with Gasteiger partial charge in [0.15, 0.2) is 0 Å². The molecule has 4 rings (SSSR count). The summed E-state index contributed by atoms with van der Waals surface area (Å²) in [6, 6.07) is 22.9. The van der Waals surface area contributed by atoms with Gasteiger partial charge in [-0.1, -0.05) is 56.3 Å². The van der Waals surface area contributed by atoms with Crippen molar-refractivity contribution < 1.29 is 19.4 Å². The zero-order valence-corrected chi connectivity index (χ0v) is 19.0. The highest BCUT2D eigenvalue weighted by atomic mass is 16.5. The summed E-state index contributed by atoms with van der Waals surface area (Å²) in [6.07, 6.45) is 0. The van der Waals surface area contributed by atoms with Crippen LogP contribution in [-0.4, -0.2) is 23.4 Å². The maximum absolute atomic E-state index is 13.2. The van der Waals surface area contributed by atoms with E-state index in [4.69, 9.17) is 4.74 Å². The van der Waals surface area contributed by atoms with Crippen LogP contribution in [0.1, 0.15) is 36.6 Å². The topological polar surface area (TPSA) is 66.8 Å². The number of ether oxygens (including phenoxy) is 1. The first-order chi connectivity index (χ1) is 15.9. The van der Waals surface area contributed by atoms with Crippen LogP contribution < -0.4 is 9.64 Å². The van der Waals surface area contributed by atoms with E-state index < -0.39 is 17.7 Å². The van der Waals surface area contributed by atoms with Gasteiger partial charge in [-0.15, -0.1) is 0 Å². The number of ketones is 1. The third-order valence-corrected chi connectivity index (χ3v) is 5.55. The first-order valence-electron chi connectivity index (χ1n) is 11.0. The minimum Gasteiger partial charge on any atom is -0.507 e. The summed E-state index contributed by atoms with van der Waals surface area (Å²) in [5.74, 6) is -0.495. The smallest absolute Gasteiger partial charge is 0.300 e. The van der Waals surface area contributed by atoms with Gasteiger partial charge < -0.3 is 9.84 Å². The normalized spacial score (nSPS) is 17.6. The molecular formula is C28H27NO4. The molecule has 1 aliphatic heterocycles. The van der Waals surface area contributed by atoms with Crippen LogP contribution in [0.3, 0.4) is 0 Å². The van der Waals surface area contributed by atoms with Crippen LogP contribution in [0.15, 0.2) is 84.4 Å². The maximum Gasteiger partial charge on any atom is 0.300 e.